The van der Waals surface area contributed by atoms with Crippen LogP contribution >= 0.6 is 0 Å². The molecule has 0 bridgehead atoms. The van der Waals surface area contributed by atoms with Gasteiger partial charge >= 0.3 is 0 Å². The van der Waals surface area contributed by atoms with Gasteiger partial charge in [-0.05, 0) is 78.7 Å². The van der Waals surface area contributed by atoms with Crippen molar-refractivity contribution in [1.29, 1.82) is 0 Å². The Hall–Kier alpha value is -7.76. The van der Waals surface area contributed by atoms with Crippen LogP contribution in [0.25, 0.3) is 32.7 Å². The molecule has 0 saturated heterocycles. The second kappa shape index (κ2) is 19.7. The molecule has 7 aromatic rings. The molecule has 9 rings (SSSR count). The number of carbonyl (C=O) groups excluding carboxylic acids is 4. The Kier molecular flexibility index (Phi) is 13.3. The largest absolute Gasteiger partial charge is 0.496 e. The van der Waals surface area contributed by atoms with Crippen LogP contribution in [0.1, 0.15) is 51.6 Å². The van der Waals surface area contributed by atoms with Crippen LogP contribution in [0.15, 0.2) is 106 Å². The smallest absolute Gasteiger partial charge is 0.294 e. The lowest BCUT2D eigenvalue weighted by molar-refractivity contribution is -0.134. The molecule has 4 amide bonds. The number of rotatable bonds is 17. The molecule has 2 aromatic heterocycles. The summed E-state index contributed by atoms with van der Waals surface area (Å²) in [6, 6.07) is 29.4. The SMILES string of the molecule is COCCN1C(=O)c2oc3ccccc3c2OCC1(C)C(=O)NCc1cc2cccc(COCCN3C(=O)c4oc5ccccc5c4OCC3(C)C(=O)NCc3c(OC)cccc3OC)c2cc1OC. The number of amides is 4. The number of ether oxygens (including phenoxy) is 7. The van der Waals surface area contributed by atoms with E-state index in [4.69, 9.17) is 42.0 Å². The van der Waals surface area contributed by atoms with Crippen LogP contribution < -0.4 is 34.3 Å². The number of hydrogen-bond donors (Lipinski definition) is 2. The number of carbonyl (C=O) groups is 4. The lowest BCUT2D eigenvalue weighted by Gasteiger charge is -2.37. The molecule has 70 heavy (non-hydrogen) atoms. The summed E-state index contributed by atoms with van der Waals surface area (Å²) >= 11 is 0. The summed E-state index contributed by atoms with van der Waals surface area (Å²) in [6.45, 7) is 3.65. The van der Waals surface area contributed by atoms with Gasteiger partial charge in [0.15, 0.2) is 22.6 Å². The molecule has 2 unspecified atom stereocenters. The number of nitrogens with one attached hydrogen (secondary N) is 2. The molecule has 2 aliphatic rings. The lowest BCUT2D eigenvalue weighted by Crippen LogP contribution is -2.61. The summed E-state index contributed by atoms with van der Waals surface area (Å²) in [6.07, 6.45) is 0. The Morgan fingerprint density at radius 1 is 0.600 bits per heavy atom. The number of para-hydroxylation sites is 2. The molecule has 5 aromatic carbocycles. The minimum atomic E-state index is -1.51. The average Bonchev–Trinajstić information content (AvgIpc) is 3.90. The zero-order chi connectivity index (χ0) is 49.2. The van der Waals surface area contributed by atoms with E-state index in [1.165, 1.54) is 31.1 Å². The van der Waals surface area contributed by atoms with Gasteiger partial charge in [-0.15, -0.1) is 0 Å². The third-order valence-corrected chi connectivity index (χ3v) is 13.1. The maximum Gasteiger partial charge on any atom is 0.294 e. The van der Waals surface area contributed by atoms with Gasteiger partial charge in [-0.3, -0.25) is 19.2 Å². The molecule has 364 valence electrons. The van der Waals surface area contributed by atoms with Crippen molar-refractivity contribution in [1.82, 2.24) is 20.4 Å². The average molecular weight is 955 g/mol. The molecule has 17 heteroatoms. The standard InChI is InChI=1S/C53H54N4O13/c1-52(30-67-44-35-15-7-9-17-41(35)69-46(44)48(58)56(52)21-23-62-3)50(60)54-27-34-25-32-13-11-14-33(37(32)26-43(34)65-6)29-66-24-22-57-49(59)47-45(36-16-8-10-18-42(36)70-47)68-31-53(57,2)51(61)55-28-38-39(63-4)19-12-20-40(38)64-5/h7-20,25-26H,21-24,27-31H2,1-6H3,(H,54,60)(H,55,61). The van der Waals surface area contributed by atoms with Crippen LogP contribution in [0.2, 0.25) is 0 Å². The van der Waals surface area contributed by atoms with Gasteiger partial charge in [0.05, 0.1) is 64.0 Å². The van der Waals surface area contributed by atoms with E-state index >= 15 is 0 Å². The first-order valence-electron chi connectivity index (χ1n) is 22.8. The van der Waals surface area contributed by atoms with Crippen LogP contribution in [0, 0.1) is 0 Å². The molecule has 0 saturated carbocycles. The van der Waals surface area contributed by atoms with Gasteiger partial charge in [-0.2, -0.15) is 0 Å². The molecule has 0 fully saturated rings. The number of hydrogen-bond acceptors (Lipinski definition) is 13. The van der Waals surface area contributed by atoms with Gasteiger partial charge in [0, 0.05) is 32.3 Å². The Balaban J connectivity index is 0.910. The molecule has 2 atom stereocenters. The van der Waals surface area contributed by atoms with Crippen LogP contribution in [0.4, 0.5) is 0 Å². The van der Waals surface area contributed by atoms with E-state index in [9.17, 15) is 19.2 Å². The van der Waals surface area contributed by atoms with Crippen LogP contribution in [0.5, 0.6) is 28.7 Å². The number of furan rings is 2. The Morgan fingerprint density at radius 3 is 1.69 bits per heavy atom. The first-order chi connectivity index (χ1) is 33.9. The Morgan fingerprint density at radius 2 is 1.13 bits per heavy atom. The van der Waals surface area contributed by atoms with Crippen molar-refractivity contribution in [3.8, 4) is 28.7 Å². The van der Waals surface area contributed by atoms with Crippen LogP contribution in [-0.4, -0.2) is 112 Å². The molecular weight excluding hydrogens is 901 g/mol. The molecule has 2 aliphatic heterocycles. The van der Waals surface area contributed by atoms with E-state index < -0.39 is 34.7 Å². The summed E-state index contributed by atoms with van der Waals surface area (Å²) in [7, 11) is 6.16. The zero-order valence-corrected chi connectivity index (χ0v) is 39.8. The van der Waals surface area contributed by atoms with E-state index in [0.29, 0.717) is 56.1 Å². The highest BCUT2D eigenvalue weighted by molar-refractivity contribution is 6.06. The van der Waals surface area contributed by atoms with Crippen molar-refractivity contribution in [3.63, 3.8) is 0 Å². The summed E-state index contributed by atoms with van der Waals surface area (Å²) < 4.78 is 53.1. The molecule has 0 aliphatic carbocycles. The van der Waals surface area contributed by atoms with Crippen molar-refractivity contribution in [2.45, 2.75) is 44.6 Å². The third kappa shape index (κ3) is 8.55. The summed E-state index contributed by atoms with van der Waals surface area (Å²) in [5.41, 5.74) is 0.215. The first kappa shape index (κ1) is 47.3. The van der Waals surface area contributed by atoms with Gasteiger partial charge in [0.25, 0.3) is 11.8 Å². The summed E-state index contributed by atoms with van der Waals surface area (Å²) in [4.78, 5) is 60.1. The number of benzene rings is 5. The van der Waals surface area contributed by atoms with Crippen molar-refractivity contribution in [3.05, 3.63) is 125 Å². The zero-order valence-electron chi connectivity index (χ0n) is 39.8. The highest BCUT2D eigenvalue weighted by atomic mass is 16.5. The maximum atomic E-state index is 14.5. The summed E-state index contributed by atoms with van der Waals surface area (Å²) in [5, 5.41) is 8.99. The first-order valence-corrected chi connectivity index (χ1v) is 22.8. The number of fused-ring (bicyclic) bond motifs is 7. The molecule has 17 nitrogen and oxygen atoms in total. The summed E-state index contributed by atoms with van der Waals surface area (Å²) in [5.74, 6) is 0.262. The topological polar surface area (TPSA) is 190 Å². The molecular formula is C53H54N4O13. The lowest BCUT2D eigenvalue weighted by atomic mass is 9.98. The molecule has 4 heterocycles. The van der Waals surface area contributed by atoms with E-state index in [-0.39, 0.29) is 76.5 Å². The van der Waals surface area contributed by atoms with E-state index in [2.05, 4.69) is 10.6 Å². The normalized spacial score (nSPS) is 17.9. The minimum absolute atomic E-state index is 0.00748. The molecule has 2 N–H and O–H groups in total. The fourth-order valence-electron chi connectivity index (χ4n) is 9.18. The highest BCUT2D eigenvalue weighted by Gasteiger charge is 2.49. The van der Waals surface area contributed by atoms with Gasteiger partial charge in [0.1, 0.15) is 41.6 Å². The predicted octanol–water partition coefficient (Wildman–Crippen LogP) is 7.04. The van der Waals surface area contributed by atoms with Crippen molar-refractivity contribution in [2.24, 2.45) is 0 Å². The van der Waals surface area contributed by atoms with Crippen LogP contribution in [0.3, 0.4) is 0 Å². The van der Waals surface area contributed by atoms with Gasteiger partial charge in [0.2, 0.25) is 23.3 Å². The fraction of sp³-hybridized carbons (Fsp3) is 0.321. The van der Waals surface area contributed by atoms with Crippen molar-refractivity contribution in [2.75, 3.05) is 68.0 Å². The predicted molar refractivity (Wildman–Crippen MR) is 258 cm³/mol. The minimum Gasteiger partial charge on any atom is -0.496 e. The quantitative estimate of drug-likeness (QED) is 0.0886. The fourth-order valence-corrected chi connectivity index (χ4v) is 9.18. The maximum absolute atomic E-state index is 14.5. The third-order valence-electron chi connectivity index (χ3n) is 13.1. The second-order valence-electron chi connectivity index (χ2n) is 17.4. The van der Waals surface area contributed by atoms with E-state index in [1.807, 2.05) is 60.7 Å². The van der Waals surface area contributed by atoms with Gasteiger partial charge < -0.3 is 62.4 Å². The molecule has 0 radical (unpaired) electrons. The number of methoxy groups -OCH3 is 4. The Labute approximate surface area is 403 Å². The highest BCUT2D eigenvalue weighted by Crippen LogP contribution is 2.40. The van der Waals surface area contributed by atoms with Gasteiger partial charge in [-0.1, -0.05) is 48.5 Å². The second-order valence-corrected chi connectivity index (χ2v) is 17.4. The molecule has 0 spiro atoms. The van der Waals surface area contributed by atoms with E-state index in [1.54, 1.807) is 57.4 Å². The van der Waals surface area contributed by atoms with E-state index in [0.717, 1.165) is 16.3 Å². The van der Waals surface area contributed by atoms with Crippen molar-refractivity contribution < 1.29 is 61.2 Å². The Bertz CT molecular complexity index is 3100. The monoisotopic (exact) mass is 954 g/mol. The van der Waals surface area contributed by atoms with Crippen LogP contribution in [-0.2, 0) is 38.8 Å². The van der Waals surface area contributed by atoms with Gasteiger partial charge in [-0.25, -0.2) is 0 Å². The number of nitrogens with zero attached hydrogens (tertiary/aromatic N) is 2. The van der Waals surface area contributed by atoms with Crippen molar-refractivity contribution >= 4 is 56.3 Å².